The van der Waals surface area contributed by atoms with Crippen molar-refractivity contribution in [3.8, 4) is 5.75 Å². The van der Waals surface area contributed by atoms with Crippen LogP contribution in [0.4, 0.5) is 10.1 Å². The van der Waals surface area contributed by atoms with Crippen molar-refractivity contribution < 1.29 is 23.8 Å². The maximum absolute atomic E-state index is 13.3. The molecule has 0 aromatic heterocycles. The van der Waals surface area contributed by atoms with Crippen LogP contribution in [0, 0.1) is 5.82 Å². The van der Waals surface area contributed by atoms with Crippen molar-refractivity contribution >= 4 is 52.2 Å². The zero-order valence-corrected chi connectivity index (χ0v) is 19.4. The molecule has 1 amide bonds. The van der Waals surface area contributed by atoms with Gasteiger partial charge in [-0.15, -0.1) is 0 Å². The molecule has 0 saturated carbocycles. The average Bonchev–Trinajstić information content (AvgIpc) is 3.06. The maximum Gasteiger partial charge on any atom is 0.335 e. The van der Waals surface area contributed by atoms with Crippen molar-refractivity contribution in [2.45, 2.75) is 6.61 Å². The summed E-state index contributed by atoms with van der Waals surface area (Å²) in [4.78, 5) is 30.0. The van der Waals surface area contributed by atoms with Gasteiger partial charge in [-0.25, -0.2) is 14.2 Å². The normalized spacial score (nSPS) is 15.9. The van der Waals surface area contributed by atoms with E-state index in [0.717, 1.165) is 0 Å². The van der Waals surface area contributed by atoms with E-state index in [1.807, 2.05) is 0 Å². The molecule has 1 aliphatic rings. The lowest BCUT2D eigenvalue weighted by molar-refractivity contribution is -0.121. The molecule has 0 bridgehead atoms. The van der Waals surface area contributed by atoms with Gasteiger partial charge in [0.1, 0.15) is 18.2 Å². The minimum absolute atomic E-state index is 0.160. The lowest BCUT2D eigenvalue weighted by atomic mass is 10.2. The van der Waals surface area contributed by atoms with Crippen LogP contribution in [0.3, 0.4) is 0 Å². The molecule has 34 heavy (non-hydrogen) atoms. The second kappa shape index (κ2) is 10.1. The van der Waals surface area contributed by atoms with E-state index >= 15 is 0 Å². The van der Waals surface area contributed by atoms with E-state index in [-0.39, 0.29) is 23.9 Å². The number of carboxylic acids is 1. The van der Waals surface area contributed by atoms with Crippen LogP contribution in [-0.2, 0) is 11.4 Å². The number of rotatable bonds is 6. The third kappa shape index (κ3) is 5.47. The Balaban J connectivity index is 1.48. The van der Waals surface area contributed by atoms with E-state index in [2.05, 4.69) is 4.99 Å². The monoisotopic (exact) mass is 496 g/mol. The molecule has 0 aliphatic carbocycles. The lowest BCUT2D eigenvalue weighted by Gasteiger charge is -2.09. The summed E-state index contributed by atoms with van der Waals surface area (Å²) in [6.45, 7) is 0.171. The van der Waals surface area contributed by atoms with E-state index in [9.17, 15) is 14.0 Å². The molecule has 0 atom stereocenters. The number of aromatic carboxylic acids is 1. The van der Waals surface area contributed by atoms with Gasteiger partial charge in [-0.1, -0.05) is 29.8 Å². The number of thioether (sulfide) groups is 1. The Morgan fingerprint density at radius 2 is 1.94 bits per heavy atom. The third-order valence-corrected chi connectivity index (χ3v) is 6.24. The number of hydrogen-bond donors (Lipinski definition) is 1. The number of hydrogen-bond acceptors (Lipinski definition) is 5. The molecule has 1 saturated heterocycles. The van der Waals surface area contributed by atoms with Crippen molar-refractivity contribution in [2.75, 3.05) is 7.05 Å². The fourth-order valence-corrected chi connectivity index (χ4v) is 4.33. The molecule has 3 aromatic rings. The van der Waals surface area contributed by atoms with Gasteiger partial charge < -0.3 is 9.84 Å². The number of amides is 1. The highest BCUT2D eigenvalue weighted by Crippen LogP contribution is 2.34. The summed E-state index contributed by atoms with van der Waals surface area (Å²) in [5, 5.41) is 9.84. The average molecular weight is 497 g/mol. The first kappa shape index (κ1) is 23.5. The largest absolute Gasteiger partial charge is 0.487 e. The van der Waals surface area contributed by atoms with E-state index in [0.29, 0.717) is 37.7 Å². The van der Waals surface area contributed by atoms with Crippen molar-refractivity contribution in [3.63, 3.8) is 0 Å². The Bertz CT molecular complexity index is 1320. The number of aliphatic imine (C=N–C) groups is 1. The Kier molecular flexibility index (Phi) is 7.00. The summed E-state index contributed by atoms with van der Waals surface area (Å²) in [7, 11) is 1.62. The summed E-state index contributed by atoms with van der Waals surface area (Å²) in [5.74, 6) is -1.12. The standard InChI is InChI=1S/C25H18ClFN2O4S/c1-29-23(30)22(34-25(29)28-19-8-6-17(7-9-19)24(31)32)13-15-5-10-21(20(26)12-15)33-14-16-3-2-4-18(27)11-16/h2-13H,14H2,1H3,(H,31,32). The molecule has 1 aliphatic heterocycles. The van der Waals surface area contributed by atoms with Gasteiger partial charge in [-0.05, 0) is 77.5 Å². The van der Waals surface area contributed by atoms with Crippen LogP contribution in [0.2, 0.25) is 5.02 Å². The van der Waals surface area contributed by atoms with Crippen LogP contribution < -0.4 is 4.74 Å². The van der Waals surface area contributed by atoms with Gasteiger partial charge in [0.05, 0.1) is 21.2 Å². The molecule has 172 valence electrons. The molecular weight excluding hydrogens is 479 g/mol. The van der Waals surface area contributed by atoms with Crippen LogP contribution in [-0.4, -0.2) is 34.1 Å². The Hall–Kier alpha value is -3.62. The van der Waals surface area contributed by atoms with E-state index in [4.69, 9.17) is 21.4 Å². The first-order valence-electron chi connectivity index (χ1n) is 10.1. The van der Waals surface area contributed by atoms with Crippen molar-refractivity contribution in [1.82, 2.24) is 4.90 Å². The Morgan fingerprint density at radius 3 is 2.62 bits per heavy atom. The highest BCUT2D eigenvalue weighted by Gasteiger charge is 2.30. The van der Waals surface area contributed by atoms with Crippen molar-refractivity contribution in [1.29, 1.82) is 0 Å². The van der Waals surface area contributed by atoms with Gasteiger partial charge >= 0.3 is 5.97 Å². The Morgan fingerprint density at radius 1 is 1.18 bits per heavy atom. The number of carboxylic acid groups (broad SMARTS) is 1. The number of nitrogens with zero attached hydrogens (tertiary/aromatic N) is 2. The van der Waals surface area contributed by atoms with E-state index < -0.39 is 5.97 Å². The number of carbonyl (C=O) groups excluding carboxylic acids is 1. The minimum Gasteiger partial charge on any atom is -0.487 e. The molecule has 9 heteroatoms. The summed E-state index contributed by atoms with van der Waals surface area (Å²) in [6, 6.07) is 17.4. The predicted octanol–water partition coefficient (Wildman–Crippen LogP) is 5.99. The van der Waals surface area contributed by atoms with Gasteiger partial charge in [0, 0.05) is 7.05 Å². The second-order valence-electron chi connectivity index (χ2n) is 7.33. The topological polar surface area (TPSA) is 79.2 Å². The van der Waals surface area contributed by atoms with Crippen LogP contribution in [0.15, 0.2) is 76.6 Å². The zero-order chi connectivity index (χ0) is 24.2. The lowest BCUT2D eigenvalue weighted by Crippen LogP contribution is -2.23. The minimum atomic E-state index is -1.02. The van der Waals surface area contributed by atoms with Crippen LogP contribution >= 0.6 is 23.4 Å². The molecule has 1 N–H and O–H groups in total. The first-order valence-corrected chi connectivity index (χ1v) is 11.3. The number of ether oxygens (including phenoxy) is 1. The number of halogens is 2. The van der Waals surface area contributed by atoms with Crippen LogP contribution in [0.5, 0.6) is 5.75 Å². The summed E-state index contributed by atoms with van der Waals surface area (Å²) >= 11 is 7.56. The van der Waals surface area contributed by atoms with Crippen LogP contribution in [0.25, 0.3) is 6.08 Å². The molecule has 3 aromatic carbocycles. The van der Waals surface area contributed by atoms with Crippen LogP contribution in [0.1, 0.15) is 21.5 Å². The van der Waals surface area contributed by atoms with Crippen molar-refractivity contribution in [2.24, 2.45) is 4.99 Å². The number of carbonyl (C=O) groups is 2. The molecule has 6 nitrogen and oxygen atoms in total. The molecule has 0 unspecified atom stereocenters. The summed E-state index contributed by atoms with van der Waals surface area (Å²) in [5.41, 5.74) is 2.09. The number of benzene rings is 3. The molecule has 0 spiro atoms. The highest BCUT2D eigenvalue weighted by atomic mass is 35.5. The molecule has 1 heterocycles. The third-order valence-electron chi connectivity index (χ3n) is 4.88. The fraction of sp³-hybridized carbons (Fsp3) is 0.0800. The smallest absolute Gasteiger partial charge is 0.335 e. The van der Waals surface area contributed by atoms with Gasteiger partial charge in [0.2, 0.25) is 0 Å². The van der Waals surface area contributed by atoms with Gasteiger partial charge in [-0.3, -0.25) is 9.69 Å². The second-order valence-corrected chi connectivity index (χ2v) is 8.75. The summed E-state index contributed by atoms with van der Waals surface area (Å²) < 4.78 is 19.0. The number of likely N-dealkylation sites (N-methyl/N-ethyl adjacent to an activating group) is 1. The highest BCUT2D eigenvalue weighted by molar-refractivity contribution is 8.18. The van der Waals surface area contributed by atoms with E-state index in [1.165, 1.54) is 40.9 Å². The molecule has 4 rings (SSSR count). The zero-order valence-electron chi connectivity index (χ0n) is 17.9. The maximum atomic E-state index is 13.3. The fourth-order valence-electron chi connectivity index (χ4n) is 3.10. The predicted molar refractivity (Wildman–Crippen MR) is 131 cm³/mol. The first-order chi connectivity index (χ1) is 16.3. The molecular formula is C25H18ClFN2O4S. The van der Waals surface area contributed by atoms with Gasteiger partial charge in [0.25, 0.3) is 5.91 Å². The van der Waals surface area contributed by atoms with Crippen molar-refractivity contribution in [3.05, 3.63) is 99.2 Å². The van der Waals surface area contributed by atoms with Gasteiger partial charge in [0.15, 0.2) is 5.17 Å². The quantitative estimate of drug-likeness (QED) is 0.424. The molecule has 1 fully saturated rings. The molecule has 0 radical (unpaired) electrons. The summed E-state index contributed by atoms with van der Waals surface area (Å²) in [6.07, 6.45) is 1.71. The number of amidine groups is 1. The SMILES string of the molecule is CN1C(=O)C(=Cc2ccc(OCc3cccc(F)c3)c(Cl)c2)SC1=Nc1ccc(C(=O)O)cc1. The van der Waals surface area contributed by atoms with E-state index in [1.54, 1.807) is 55.6 Å². The van der Waals surface area contributed by atoms with Gasteiger partial charge in [-0.2, -0.15) is 0 Å². The Labute approximate surface area is 204 Å².